The van der Waals surface area contributed by atoms with Gasteiger partial charge in [0.2, 0.25) is 15.9 Å². The summed E-state index contributed by atoms with van der Waals surface area (Å²) in [7, 11) is -4.04. The molecule has 5 rings (SSSR count). The Kier molecular flexibility index (Phi) is 8.50. The lowest BCUT2D eigenvalue weighted by Crippen LogP contribution is -2.39. The fraction of sp³-hybridized carbons (Fsp3) is 0.212. The van der Waals surface area contributed by atoms with Crippen molar-refractivity contribution < 1.29 is 13.2 Å². The number of hydrogen-bond donors (Lipinski definition) is 1. The average molecular weight is 601 g/mol. The predicted octanol–water partition coefficient (Wildman–Crippen LogP) is 6.85. The zero-order valence-corrected chi connectivity index (χ0v) is 25.4. The number of rotatable bonds is 9. The van der Waals surface area contributed by atoms with E-state index in [1.807, 2.05) is 93.6 Å². The Morgan fingerprint density at radius 1 is 0.905 bits per heavy atom. The van der Waals surface area contributed by atoms with Crippen LogP contribution in [0.4, 0.5) is 5.82 Å². The SMILES string of the molecule is CC(C)(C)c1cc(NC(=O)CN(CCc2ccccc2)S(=O)(=O)c2cccc3ccccc23)n(-c2ccccc2Cl)n1. The number of halogens is 1. The van der Waals surface area contributed by atoms with Crippen molar-refractivity contribution in [2.45, 2.75) is 37.5 Å². The molecule has 0 bridgehead atoms. The van der Waals surface area contributed by atoms with Crippen LogP contribution in [0.25, 0.3) is 16.5 Å². The molecular formula is C33H33ClN4O3S. The third-order valence-corrected chi connectivity index (χ3v) is 9.23. The molecule has 7 nitrogen and oxygen atoms in total. The second kappa shape index (κ2) is 12.1. The Morgan fingerprint density at radius 2 is 1.57 bits per heavy atom. The minimum absolute atomic E-state index is 0.125. The number of para-hydroxylation sites is 1. The Morgan fingerprint density at radius 3 is 2.31 bits per heavy atom. The normalized spacial score (nSPS) is 12.1. The van der Waals surface area contributed by atoms with E-state index in [1.54, 1.807) is 35.0 Å². The highest BCUT2D eigenvalue weighted by atomic mass is 35.5. The van der Waals surface area contributed by atoms with Gasteiger partial charge in [-0.25, -0.2) is 13.1 Å². The molecule has 0 aliphatic carbocycles. The fourth-order valence-corrected chi connectivity index (χ4v) is 6.56. The number of benzene rings is 4. The smallest absolute Gasteiger partial charge is 0.244 e. The molecule has 0 saturated heterocycles. The summed E-state index contributed by atoms with van der Waals surface area (Å²) < 4.78 is 31.1. The number of anilines is 1. The van der Waals surface area contributed by atoms with Crippen molar-refractivity contribution in [2.75, 3.05) is 18.4 Å². The van der Waals surface area contributed by atoms with Crippen molar-refractivity contribution in [1.82, 2.24) is 14.1 Å². The molecule has 0 saturated carbocycles. The Bertz CT molecular complexity index is 1820. The lowest BCUT2D eigenvalue weighted by molar-refractivity contribution is -0.116. The maximum Gasteiger partial charge on any atom is 0.244 e. The van der Waals surface area contributed by atoms with E-state index in [1.165, 1.54) is 4.31 Å². The van der Waals surface area contributed by atoms with Gasteiger partial charge in [-0.2, -0.15) is 9.40 Å². The highest BCUT2D eigenvalue weighted by Crippen LogP contribution is 2.30. The molecule has 0 unspecified atom stereocenters. The molecule has 0 spiro atoms. The van der Waals surface area contributed by atoms with Crippen LogP contribution in [0.5, 0.6) is 0 Å². The Hall–Kier alpha value is -3.98. The molecule has 0 aliphatic heterocycles. The first-order valence-corrected chi connectivity index (χ1v) is 15.5. The van der Waals surface area contributed by atoms with E-state index in [0.29, 0.717) is 28.3 Å². The van der Waals surface area contributed by atoms with Crippen LogP contribution in [0.1, 0.15) is 32.0 Å². The van der Waals surface area contributed by atoms with Crippen molar-refractivity contribution in [3.63, 3.8) is 0 Å². The molecule has 1 aromatic heterocycles. The van der Waals surface area contributed by atoms with Gasteiger partial charge in [0.15, 0.2) is 0 Å². The summed E-state index contributed by atoms with van der Waals surface area (Å²) in [6, 6.07) is 31.2. The largest absolute Gasteiger partial charge is 0.309 e. The van der Waals surface area contributed by atoms with Crippen LogP contribution < -0.4 is 5.32 Å². The van der Waals surface area contributed by atoms with Crippen molar-refractivity contribution in [1.29, 1.82) is 0 Å². The number of hydrogen-bond acceptors (Lipinski definition) is 4. The molecule has 0 radical (unpaired) electrons. The summed E-state index contributed by atoms with van der Waals surface area (Å²) in [5.74, 6) is -0.0795. The molecule has 42 heavy (non-hydrogen) atoms. The Labute approximate surface area is 251 Å². The minimum atomic E-state index is -4.04. The van der Waals surface area contributed by atoms with Crippen LogP contribution in [-0.4, -0.2) is 41.5 Å². The lowest BCUT2D eigenvalue weighted by atomic mass is 9.92. The standard InChI is InChI=1S/C33H33ClN4O3S/c1-33(2,3)30-22-31(38(36-30)28-18-10-9-17-27(28)34)35-32(39)23-37(21-20-24-12-5-4-6-13-24)42(40,41)29-19-11-15-25-14-7-8-16-26(25)29/h4-19,22H,20-21,23H2,1-3H3,(H,35,39). The zero-order chi connectivity index (χ0) is 29.9. The monoisotopic (exact) mass is 600 g/mol. The van der Waals surface area contributed by atoms with Gasteiger partial charge in [0.25, 0.3) is 0 Å². The summed E-state index contributed by atoms with van der Waals surface area (Å²) >= 11 is 6.49. The highest BCUT2D eigenvalue weighted by Gasteiger charge is 2.29. The molecule has 5 aromatic rings. The van der Waals surface area contributed by atoms with Crippen LogP contribution in [0.3, 0.4) is 0 Å². The second-order valence-corrected chi connectivity index (χ2v) is 13.4. The molecule has 0 atom stereocenters. The van der Waals surface area contributed by atoms with Crippen molar-refractivity contribution in [3.05, 3.63) is 119 Å². The fourth-order valence-electron chi connectivity index (χ4n) is 4.73. The lowest BCUT2D eigenvalue weighted by Gasteiger charge is -2.23. The van der Waals surface area contributed by atoms with Crippen molar-refractivity contribution in [3.8, 4) is 5.69 Å². The van der Waals surface area contributed by atoms with Gasteiger partial charge in [-0.05, 0) is 35.6 Å². The van der Waals surface area contributed by atoms with Crippen molar-refractivity contribution >= 4 is 44.1 Å². The summed E-state index contributed by atoms with van der Waals surface area (Å²) in [5.41, 5.74) is 2.03. The van der Waals surface area contributed by atoms with E-state index < -0.39 is 15.9 Å². The van der Waals surface area contributed by atoms with Gasteiger partial charge in [0.1, 0.15) is 5.82 Å². The Balaban J connectivity index is 1.49. The average Bonchev–Trinajstić information content (AvgIpc) is 3.39. The van der Waals surface area contributed by atoms with Crippen LogP contribution >= 0.6 is 11.6 Å². The van der Waals surface area contributed by atoms with Gasteiger partial charge >= 0.3 is 0 Å². The number of sulfonamides is 1. The number of nitrogens with zero attached hydrogens (tertiary/aromatic N) is 3. The van der Waals surface area contributed by atoms with Crippen molar-refractivity contribution in [2.24, 2.45) is 0 Å². The topological polar surface area (TPSA) is 84.3 Å². The van der Waals surface area contributed by atoms with Gasteiger partial charge in [-0.1, -0.05) is 111 Å². The molecule has 0 fully saturated rings. The minimum Gasteiger partial charge on any atom is -0.309 e. The molecular weight excluding hydrogens is 568 g/mol. The first-order valence-electron chi connectivity index (χ1n) is 13.7. The van der Waals surface area contributed by atoms with E-state index in [9.17, 15) is 13.2 Å². The summed E-state index contributed by atoms with van der Waals surface area (Å²) in [6.07, 6.45) is 0.448. The number of aromatic nitrogens is 2. The maximum atomic E-state index is 14.1. The van der Waals surface area contributed by atoms with Gasteiger partial charge in [0, 0.05) is 23.4 Å². The first-order chi connectivity index (χ1) is 20.0. The van der Waals surface area contributed by atoms with Gasteiger partial charge < -0.3 is 5.32 Å². The van der Waals surface area contributed by atoms with Gasteiger partial charge in [0.05, 0.1) is 27.8 Å². The highest BCUT2D eigenvalue weighted by molar-refractivity contribution is 7.89. The quantitative estimate of drug-likeness (QED) is 0.201. The molecule has 4 aromatic carbocycles. The third-order valence-electron chi connectivity index (χ3n) is 7.01. The first kappa shape index (κ1) is 29.5. The number of carbonyl (C=O) groups is 1. The summed E-state index contributed by atoms with van der Waals surface area (Å²) in [4.78, 5) is 13.8. The number of carbonyl (C=O) groups excluding carboxylic acids is 1. The van der Waals surface area contributed by atoms with Crippen LogP contribution in [0.15, 0.2) is 108 Å². The summed E-state index contributed by atoms with van der Waals surface area (Å²) in [6.45, 7) is 5.83. The van der Waals surface area contributed by atoms with Gasteiger partial charge in [-0.3, -0.25) is 4.79 Å². The molecule has 1 N–H and O–H groups in total. The maximum absolute atomic E-state index is 14.1. The van der Waals surface area contributed by atoms with Gasteiger partial charge in [-0.15, -0.1) is 0 Å². The molecule has 9 heteroatoms. The predicted molar refractivity (Wildman–Crippen MR) is 169 cm³/mol. The van der Waals surface area contributed by atoms with E-state index in [4.69, 9.17) is 16.7 Å². The number of amides is 1. The van der Waals surface area contributed by atoms with Crippen LogP contribution in [-0.2, 0) is 26.7 Å². The molecule has 216 valence electrons. The van der Waals surface area contributed by atoms with Crippen LogP contribution in [0, 0.1) is 0 Å². The van der Waals surface area contributed by atoms with Crippen LogP contribution in [0.2, 0.25) is 5.02 Å². The van der Waals surface area contributed by atoms with E-state index in [-0.39, 0.29) is 23.4 Å². The van der Waals surface area contributed by atoms with E-state index in [2.05, 4.69) is 5.32 Å². The van der Waals surface area contributed by atoms with E-state index >= 15 is 0 Å². The second-order valence-electron chi connectivity index (χ2n) is 11.1. The number of fused-ring (bicyclic) bond motifs is 1. The summed E-state index contributed by atoms with van der Waals surface area (Å²) in [5, 5.41) is 9.54. The zero-order valence-electron chi connectivity index (χ0n) is 23.8. The molecule has 1 amide bonds. The molecule has 1 heterocycles. The van der Waals surface area contributed by atoms with E-state index in [0.717, 1.165) is 16.6 Å². The third kappa shape index (κ3) is 6.41. The number of nitrogens with one attached hydrogen (secondary N) is 1. The molecule has 0 aliphatic rings.